The van der Waals surface area contributed by atoms with E-state index in [2.05, 4.69) is 5.32 Å². The number of hydrogen-bond acceptors (Lipinski definition) is 5. The molecule has 1 amide bonds. The first kappa shape index (κ1) is 15.2. The predicted octanol–water partition coefficient (Wildman–Crippen LogP) is 3.04. The molecule has 0 unspecified atom stereocenters. The number of ketones is 1. The summed E-state index contributed by atoms with van der Waals surface area (Å²) in [5.74, 6) is -0.747. The van der Waals surface area contributed by atoms with Gasteiger partial charge >= 0.3 is 5.88 Å². The zero-order chi connectivity index (χ0) is 16.1. The number of rotatable bonds is 5. The maximum Gasteiger partial charge on any atom is 0.433 e. The molecule has 1 aromatic heterocycles. The fourth-order valence-corrected chi connectivity index (χ4v) is 1.69. The summed E-state index contributed by atoms with van der Waals surface area (Å²) < 4.78 is 4.89. The highest BCUT2D eigenvalue weighted by molar-refractivity contribution is 6.03. The van der Waals surface area contributed by atoms with Crippen LogP contribution in [-0.4, -0.2) is 16.6 Å². The number of anilines is 1. The average molecular weight is 300 g/mol. The summed E-state index contributed by atoms with van der Waals surface area (Å²) >= 11 is 0. The Bertz CT molecular complexity index is 761. The van der Waals surface area contributed by atoms with E-state index in [1.807, 2.05) is 0 Å². The largest absolute Gasteiger partial charge is 0.433 e. The normalized spacial score (nSPS) is 10.6. The third-order valence-electron chi connectivity index (χ3n) is 2.73. The third kappa shape index (κ3) is 3.89. The highest BCUT2D eigenvalue weighted by Crippen LogP contribution is 2.17. The molecule has 0 aliphatic carbocycles. The number of Topliss-reactive ketones (excluding diaryl/α,β-unsaturated/α-hetero) is 1. The number of carbonyl (C=O) groups is 2. The Balaban J connectivity index is 2.03. The quantitative estimate of drug-likeness (QED) is 0.395. The van der Waals surface area contributed by atoms with Gasteiger partial charge in [0.25, 0.3) is 0 Å². The van der Waals surface area contributed by atoms with E-state index in [4.69, 9.17) is 4.42 Å². The lowest BCUT2D eigenvalue weighted by molar-refractivity contribution is -0.402. The predicted molar refractivity (Wildman–Crippen MR) is 79.5 cm³/mol. The van der Waals surface area contributed by atoms with Gasteiger partial charge in [-0.2, -0.15) is 0 Å². The van der Waals surface area contributed by atoms with Crippen LogP contribution in [0.4, 0.5) is 11.6 Å². The van der Waals surface area contributed by atoms with E-state index in [0.29, 0.717) is 11.3 Å². The second kappa shape index (κ2) is 6.49. The van der Waals surface area contributed by atoms with Crippen LogP contribution in [0.15, 0.2) is 46.9 Å². The lowest BCUT2D eigenvalue weighted by atomic mass is 10.1. The molecule has 0 aliphatic heterocycles. The van der Waals surface area contributed by atoms with Gasteiger partial charge in [-0.3, -0.25) is 19.7 Å². The van der Waals surface area contributed by atoms with E-state index < -0.39 is 16.7 Å². The summed E-state index contributed by atoms with van der Waals surface area (Å²) in [6.45, 7) is 1.44. The minimum atomic E-state index is -0.662. The summed E-state index contributed by atoms with van der Waals surface area (Å²) in [6, 6.07) is 9.11. The number of carbonyl (C=O) groups excluding carboxylic acids is 2. The van der Waals surface area contributed by atoms with Crippen molar-refractivity contribution in [1.82, 2.24) is 0 Å². The van der Waals surface area contributed by atoms with Gasteiger partial charge in [0, 0.05) is 17.3 Å². The van der Waals surface area contributed by atoms with Gasteiger partial charge in [0.15, 0.2) is 5.78 Å². The van der Waals surface area contributed by atoms with E-state index in [9.17, 15) is 19.7 Å². The Morgan fingerprint density at radius 3 is 2.68 bits per heavy atom. The van der Waals surface area contributed by atoms with Crippen molar-refractivity contribution in [2.75, 3.05) is 5.32 Å². The van der Waals surface area contributed by atoms with Gasteiger partial charge < -0.3 is 9.73 Å². The molecule has 2 aromatic rings. The van der Waals surface area contributed by atoms with E-state index in [0.717, 1.165) is 0 Å². The SMILES string of the molecule is CC(=O)c1cccc(NC(=O)C=Cc2ccc([N+](=O)[O-])o2)c1. The first-order chi connectivity index (χ1) is 10.5. The molecular weight excluding hydrogens is 288 g/mol. The van der Waals surface area contributed by atoms with Gasteiger partial charge in [-0.1, -0.05) is 12.1 Å². The third-order valence-corrected chi connectivity index (χ3v) is 2.73. The number of nitrogens with zero attached hydrogens (tertiary/aromatic N) is 1. The molecule has 0 saturated carbocycles. The van der Waals surface area contributed by atoms with Crippen LogP contribution in [0.3, 0.4) is 0 Å². The van der Waals surface area contributed by atoms with Gasteiger partial charge in [0.1, 0.15) is 10.7 Å². The molecule has 1 N–H and O–H groups in total. The van der Waals surface area contributed by atoms with Crippen molar-refractivity contribution in [1.29, 1.82) is 0 Å². The molecule has 7 nitrogen and oxygen atoms in total. The smallest absolute Gasteiger partial charge is 0.401 e. The number of benzene rings is 1. The van der Waals surface area contributed by atoms with Crippen molar-refractivity contribution in [2.24, 2.45) is 0 Å². The van der Waals surface area contributed by atoms with Crippen LogP contribution in [0.1, 0.15) is 23.0 Å². The highest BCUT2D eigenvalue weighted by atomic mass is 16.6. The van der Waals surface area contributed by atoms with E-state index >= 15 is 0 Å². The maximum absolute atomic E-state index is 11.7. The number of nitrogens with one attached hydrogen (secondary N) is 1. The van der Waals surface area contributed by atoms with E-state index in [1.54, 1.807) is 24.3 Å². The molecule has 0 atom stereocenters. The second-order valence-electron chi connectivity index (χ2n) is 4.39. The topological polar surface area (TPSA) is 102 Å². The molecule has 0 saturated heterocycles. The molecule has 1 aromatic carbocycles. The van der Waals surface area contributed by atoms with Crippen LogP contribution in [-0.2, 0) is 4.79 Å². The van der Waals surface area contributed by atoms with Gasteiger partial charge in [-0.25, -0.2) is 0 Å². The van der Waals surface area contributed by atoms with Crippen molar-refractivity contribution in [3.63, 3.8) is 0 Å². The van der Waals surface area contributed by atoms with Crippen LogP contribution < -0.4 is 5.32 Å². The molecular formula is C15H12N2O5. The molecule has 0 fully saturated rings. The van der Waals surface area contributed by atoms with Crippen LogP contribution in [0, 0.1) is 10.1 Å². The van der Waals surface area contributed by atoms with E-state index in [-0.39, 0.29) is 11.5 Å². The molecule has 0 radical (unpaired) electrons. The van der Waals surface area contributed by atoms with Gasteiger partial charge in [0.05, 0.1) is 6.07 Å². The Morgan fingerprint density at radius 2 is 2.05 bits per heavy atom. The summed E-state index contributed by atoms with van der Waals surface area (Å²) in [7, 11) is 0. The van der Waals surface area contributed by atoms with Gasteiger partial charge in [-0.05, 0) is 31.2 Å². The maximum atomic E-state index is 11.7. The Hall–Kier alpha value is -3.22. The standard InChI is InChI=1S/C15H12N2O5/c1-10(18)11-3-2-4-12(9-11)16-14(19)7-5-13-6-8-15(22-13)17(20)21/h2-9H,1H3,(H,16,19). The van der Waals surface area contributed by atoms with Crippen LogP contribution >= 0.6 is 0 Å². The van der Waals surface area contributed by atoms with Crippen molar-refractivity contribution >= 4 is 29.3 Å². The summed E-state index contributed by atoms with van der Waals surface area (Å²) in [6.07, 6.45) is 2.50. The lowest BCUT2D eigenvalue weighted by Crippen LogP contribution is -2.08. The number of hydrogen-bond donors (Lipinski definition) is 1. The summed E-state index contributed by atoms with van der Waals surface area (Å²) in [4.78, 5) is 32.8. The molecule has 112 valence electrons. The molecule has 0 bridgehead atoms. The zero-order valence-electron chi connectivity index (χ0n) is 11.6. The minimum absolute atomic E-state index is 0.102. The molecule has 7 heteroatoms. The summed E-state index contributed by atoms with van der Waals surface area (Å²) in [5, 5.41) is 13.0. The molecule has 0 spiro atoms. The van der Waals surface area contributed by atoms with Crippen LogP contribution in [0.2, 0.25) is 0 Å². The highest BCUT2D eigenvalue weighted by Gasteiger charge is 2.10. The monoisotopic (exact) mass is 300 g/mol. The number of amides is 1. The van der Waals surface area contributed by atoms with Crippen LogP contribution in [0.25, 0.3) is 6.08 Å². The number of nitro groups is 1. The Morgan fingerprint density at radius 1 is 1.27 bits per heavy atom. The lowest BCUT2D eigenvalue weighted by Gasteiger charge is -2.03. The molecule has 22 heavy (non-hydrogen) atoms. The Kier molecular flexibility index (Phi) is 4.47. The fourth-order valence-electron chi connectivity index (χ4n) is 1.69. The molecule has 0 aliphatic rings. The van der Waals surface area contributed by atoms with Crippen molar-refractivity contribution < 1.29 is 18.9 Å². The zero-order valence-corrected chi connectivity index (χ0v) is 11.6. The molecule has 1 heterocycles. The van der Waals surface area contributed by atoms with Gasteiger partial charge in [0.2, 0.25) is 5.91 Å². The first-order valence-corrected chi connectivity index (χ1v) is 6.30. The minimum Gasteiger partial charge on any atom is -0.401 e. The second-order valence-corrected chi connectivity index (χ2v) is 4.39. The van der Waals surface area contributed by atoms with E-state index in [1.165, 1.54) is 31.2 Å². The van der Waals surface area contributed by atoms with Crippen molar-refractivity contribution in [3.8, 4) is 0 Å². The van der Waals surface area contributed by atoms with Crippen molar-refractivity contribution in [3.05, 3.63) is 63.9 Å². The van der Waals surface area contributed by atoms with Crippen LogP contribution in [0.5, 0.6) is 0 Å². The summed E-state index contributed by atoms with van der Waals surface area (Å²) in [5.41, 5.74) is 0.969. The fraction of sp³-hybridized carbons (Fsp3) is 0.0667. The Labute approximate surface area is 125 Å². The molecule has 2 rings (SSSR count). The average Bonchev–Trinajstić information content (AvgIpc) is 2.94. The van der Waals surface area contributed by atoms with Crippen molar-refractivity contribution in [2.45, 2.75) is 6.92 Å². The number of furan rings is 1. The first-order valence-electron chi connectivity index (χ1n) is 6.30. The van der Waals surface area contributed by atoms with Gasteiger partial charge in [-0.15, -0.1) is 0 Å².